The van der Waals surface area contributed by atoms with Crippen molar-refractivity contribution in [3.63, 3.8) is 0 Å². The van der Waals surface area contributed by atoms with Gasteiger partial charge in [0.05, 0.1) is 5.52 Å². The number of hydrogen-bond acceptors (Lipinski definition) is 3. The van der Waals surface area contributed by atoms with Crippen molar-refractivity contribution < 1.29 is 5.11 Å². The highest BCUT2D eigenvalue weighted by Crippen LogP contribution is 2.16. The Morgan fingerprint density at radius 2 is 2.05 bits per heavy atom. The van der Waals surface area contributed by atoms with Gasteiger partial charge in [0.15, 0.2) is 0 Å². The Hall–Kier alpha value is -1.45. The zero-order chi connectivity index (χ0) is 14.2. The minimum Gasteiger partial charge on any atom is -0.396 e. The Bertz CT molecular complexity index is 516. The fourth-order valence-corrected chi connectivity index (χ4v) is 2.66. The van der Waals surface area contributed by atoms with Gasteiger partial charge in [-0.15, -0.1) is 0 Å². The minimum absolute atomic E-state index is 0.282. The molecule has 0 bridgehead atoms. The van der Waals surface area contributed by atoms with E-state index in [0.717, 1.165) is 25.0 Å². The molecule has 3 heteroatoms. The van der Waals surface area contributed by atoms with Gasteiger partial charge in [-0.05, 0) is 43.0 Å². The molecule has 0 spiro atoms. The first-order chi connectivity index (χ1) is 9.85. The molecular weight excluding hydrogens is 248 g/mol. The number of rotatable bonds is 8. The van der Waals surface area contributed by atoms with Crippen molar-refractivity contribution in [2.75, 3.05) is 13.2 Å². The second kappa shape index (κ2) is 7.98. The summed E-state index contributed by atoms with van der Waals surface area (Å²) in [5.74, 6) is 0.568. The van der Waals surface area contributed by atoms with Gasteiger partial charge in [-0.3, -0.25) is 4.98 Å². The number of nitrogens with zero attached hydrogens (tertiary/aromatic N) is 1. The van der Waals surface area contributed by atoms with Crippen LogP contribution in [0, 0.1) is 5.92 Å². The smallest absolute Gasteiger partial charge is 0.0705 e. The number of fused-ring (bicyclic) bond motifs is 1. The summed E-state index contributed by atoms with van der Waals surface area (Å²) in [6, 6.07) is 10.3. The van der Waals surface area contributed by atoms with Gasteiger partial charge >= 0.3 is 0 Å². The molecule has 1 unspecified atom stereocenters. The van der Waals surface area contributed by atoms with E-state index in [1.54, 1.807) is 0 Å². The maximum Gasteiger partial charge on any atom is 0.0705 e. The first kappa shape index (κ1) is 14.9. The average Bonchev–Trinajstić information content (AvgIpc) is 2.48. The molecule has 1 heterocycles. The van der Waals surface area contributed by atoms with Crippen LogP contribution in [0.4, 0.5) is 0 Å². The van der Waals surface area contributed by atoms with Gasteiger partial charge in [0.2, 0.25) is 0 Å². The second-order valence-corrected chi connectivity index (χ2v) is 5.29. The van der Waals surface area contributed by atoms with E-state index >= 15 is 0 Å². The summed E-state index contributed by atoms with van der Waals surface area (Å²) in [6.07, 6.45) is 5.10. The van der Waals surface area contributed by atoms with E-state index in [0.29, 0.717) is 5.92 Å². The normalized spacial score (nSPS) is 12.7. The van der Waals surface area contributed by atoms with Crippen molar-refractivity contribution in [2.24, 2.45) is 5.92 Å². The molecule has 0 radical (unpaired) electrons. The summed E-state index contributed by atoms with van der Waals surface area (Å²) in [6.45, 7) is 4.30. The SMILES string of the molecule is CCCC(CCO)CNCc1ccnc2ccccc12. The van der Waals surface area contributed by atoms with E-state index in [1.165, 1.54) is 23.8 Å². The Morgan fingerprint density at radius 1 is 1.20 bits per heavy atom. The molecule has 2 N–H and O–H groups in total. The van der Waals surface area contributed by atoms with E-state index in [2.05, 4.69) is 35.4 Å². The molecule has 0 aliphatic rings. The molecule has 3 nitrogen and oxygen atoms in total. The third kappa shape index (κ3) is 4.02. The maximum absolute atomic E-state index is 9.08. The highest BCUT2D eigenvalue weighted by atomic mass is 16.3. The number of nitrogens with one attached hydrogen (secondary N) is 1. The summed E-state index contributed by atoms with van der Waals surface area (Å²) in [7, 11) is 0. The number of pyridine rings is 1. The summed E-state index contributed by atoms with van der Waals surface area (Å²) in [5.41, 5.74) is 2.34. The van der Waals surface area contributed by atoms with E-state index in [4.69, 9.17) is 5.11 Å². The van der Waals surface area contributed by atoms with E-state index in [-0.39, 0.29) is 6.61 Å². The average molecular weight is 272 g/mol. The molecule has 0 saturated carbocycles. The van der Waals surface area contributed by atoms with Crippen molar-refractivity contribution in [1.29, 1.82) is 0 Å². The quantitative estimate of drug-likeness (QED) is 0.776. The van der Waals surface area contributed by atoms with Gasteiger partial charge in [-0.2, -0.15) is 0 Å². The van der Waals surface area contributed by atoms with Crippen molar-refractivity contribution in [1.82, 2.24) is 10.3 Å². The van der Waals surface area contributed by atoms with Crippen molar-refractivity contribution in [3.8, 4) is 0 Å². The molecule has 108 valence electrons. The molecule has 1 aromatic carbocycles. The van der Waals surface area contributed by atoms with Crippen LogP contribution in [0.1, 0.15) is 31.7 Å². The largest absolute Gasteiger partial charge is 0.396 e. The zero-order valence-corrected chi connectivity index (χ0v) is 12.2. The molecule has 2 rings (SSSR count). The third-order valence-electron chi connectivity index (χ3n) is 3.72. The number of benzene rings is 1. The highest BCUT2D eigenvalue weighted by molar-refractivity contribution is 5.81. The van der Waals surface area contributed by atoms with Crippen molar-refractivity contribution in [3.05, 3.63) is 42.1 Å². The summed E-state index contributed by atoms with van der Waals surface area (Å²) < 4.78 is 0. The van der Waals surface area contributed by atoms with Crippen molar-refractivity contribution in [2.45, 2.75) is 32.7 Å². The topological polar surface area (TPSA) is 45.1 Å². The van der Waals surface area contributed by atoms with Crippen molar-refractivity contribution >= 4 is 10.9 Å². The number of para-hydroxylation sites is 1. The standard InChI is InChI=1S/C17H24N2O/c1-2-5-14(9-11-20)12-18-13-15-8-10-19-17-7-4-3-6-16(15)17/h3-4,6-8,10,14,18,20H,2,5,9,11-13H2,1H3. The molecule has 1 atom stereocenters. The Morgan fingerprint density at radius 3 is 2.85 bits per heavy atom. The molecule has 0 fully saturated rings. The van der Waals surface area contributed by atoms with Crippen LogP contribution in [0.5, 0.6) is 0 Å². The Kier molecular flexibility index (Phi) is 5.96. The maximum atomic E-state index is 9.08. The molecule has 1 aromatic heterocycles. The highest BCUT2D eigenvalue weighted by Gasteiger charge is 2.07. The Labute approximate surface area is 121 Å². The number of aliphatic hydroxyl groups excluding tert-OH is 1. The predicted molar refractivity (Wildman–Crippen MR) is 83.6 cm³/mol. The van der Waals surface area contributed by atoms with Crippen LogP contribution in [-0.2, 0) is 6.54 Å². The monoisotopic (exact) mass is 272 g/mol. The van der Waals surface area contributed by atoms with E-state index in [1.807, 2.05) is 18.3 Å². The number of hydrogen-bond donors (Lipinski definition) is 2. The van der Waals surface area contributed by atoms with Gasteiger partial charge < -0.3 is 10.4 Å². The molecule has 0 aliphatic heterocycles. The van der Waals surface area contributed by atoms with Gasteiger partial charge in [-0.25, -0.2) is 0 Å². The molecule has 0 aliphatic carbocycles. The number of aromatic nitrogens is 1. The lowest BCUT2D eigenvalue weighted by atomic mass is 10.00. The molecule has 0 saturated heterocycles. The zero-order valence-electron chi connectivity index (χ0n) is 12.2. The summed E-state index contributed by atoms with van der Waals surface area (Å²) in [5, 5.41) is 13.8. The van der Waals surface area contributed by atoms with Crippen LogP contribution in [-0.4, -0.2) is 23.2 Å². The number of aliphatic hydroxyl groups is 1. The first-order valence-electron chi connectivity index (χ1n) is 7.49. The first-order valence-corrected chi connectivity index (χ1v) is 7.49. The van der Waals surface area contributed by atoms with Gasteiger partial charge in [-0.1, -0.05) is 31.5 Å². The van der Waals surface area contributed by atoms with Crippen LogP contribution in [0.15, 0.2) is 36.5 Å². The van der Waals surface area contributed by atoms with Gasteiger partial charge in [0.25, 0.3) is 0 Å². The second-order valence-electron chi connectivity index (χ2n) is 5.29. The lowest BCUT2D eigenvalue weighted by Crippen LogP contribution is -2.23. The lowest BCUT2D eigenvalue weighted by molar-refractivity contribution is 0.248. The molecule has 0 amide bonds. The van der Waals surface area contributed by atoms with Gasteiger partial charge in [0.1, 0.15) is 0 Å². The Balaban J connectivity index is 1.95. The van der Waals surface area contributed by atoms with Crippen LogP contribution < -0.4 is 5.32 Å². The van der Waals surface area contributed by atoms with E-state index < -0.39 is 0 Å². The van der Waals surface area contributed by atoms with Crippen LogP contribution in [0.3, 0.4) is 0 Å². The minimum atomic E-state index is 0.282. The summed E-state index contributed by atoms with van der Waals surface area (Å²) in [4.78, 5) is 4.38. The van der Waals surface area contributed by atoms with Crippen LogP contribution in [0.25, 0.3) is 10.9 Å². The van der Waals surface area contributed by atoms with E-state index in [9.17, 15) is 0 Å². The molecule has 2 aromatic rings. The fraction of sp³-hybridized carbons (Fsp3) is 0.471. The van der Waals surface area contributed by atoms with Gasteiger partial charge in [0, 0.05) is 24.7 Å². The molecular formula is C17H24N2O. The molecule has 20 heavy (non-hydrogen) atoms. The summed E-state index contributed by atoms with van der Waals surface area (Å²) >= 11 is 0. The fourth-order valence-electron chi connectivity index (χ4n) is 2.66. The predicted octanol–water partition coefficient (Wildman–Crippen LogP) is 3.12. The van der Waals surface area contributed by atoms with Crippen LogP contribution in [0.2, 0.25) is 0 Å². The lowest BCUT2D eigenvalue weighted by Gasteiger charge is -2.16. The van der Waals surface area contributed by atoms with Crippen LogP contribution >= 0.6 is 0 Å². The third-order valence-corrected chi connectivity index (χ3v) is 3.72.